The van der Waals surface area contributed by atoms with Crippen molar-refractivity contribution in [1.29, 1.82) is 0 Å². The van der Waals surface area contributed by atoms with Crippen LogP contribution in [-0.2, 0) is 4.74 Å². The van der Waals surface area contributed by atoms with Gasteiger partial charge in [0, 0.05) is 24.1 Å². The van der Waals surface area contributed by atoms with E-state index in [1.807, 2.05) is 50.2 Å². The van der Waals surface area contributed by atoms with E-state index in [-0.39, 0.29) is 18.0 Å². The molecule has 0 spiro atoms. The molecule has 0 radical (unpaired) electrons. The largest absolute Gasteiger partial charge is 0.379 e. The Bertz CT molecular complexity index is 893. The van der Waals surface area contributed by atoms with Gasteiger partial charge in [0.2, 0.25) is 5.95 Å². The molecule has 0 aliphatic rings. The number of thiophene rings is 1. The van der Waals surface area contributed by atoms with Gasteiger partial charge >= 0.3 is 0 Å². The van der Waals surface area contributed by atoms with E-state index >= 15 is 0 Å². The minimum Gasteiger partial charge on any atom is -0.379 e. The van der Waals surface area contributed by atoms with Gasteiger partial charge in [-0.25, -0.2) is 9.97 Å². The third kappa shape index (κ3) is 4.36. The van der Waals surface area contributed by atoms with Gasteiger partial charge in [0.15, 0.2) is 0 Å². The van der Waals surface area contributed by atoms with Gasteiger partial charge in [0.05, 0.1) is 16.7 Å². The highest BCUT2D eigenvalue weighted by atomic mass is 32.1. The number of amides is 1. The van der Waals surface area contributed by atoms with Crippen LogP contribution in [0.1, 0.15) is 29.9 Å². The highest BCUT2D eigenvalue weighted by molar-refractivity contribution is 7.20. The van der Waals surface area contributed by atoms with Crippen molar-refractivity contribution < 1.29 is 9.53 Å². The third-order valence-corrected chi connectivity index (χ3v) is 4.77. The number of nitrogens with two attached hydrogens (primary N) is 1. The molecule has 0 fully saturated rings. The second-order valence-electron chi connectivity index (χ2n) is 6.15. The van der Waals surface area contributed by atoms with Crippen molar-refractivity contribution in [3.05, 3.63) is 41.3 Å². The summed E-state index contributed by atoms with van der Waals surface area (Å²) in [6, 6.07) is 11.6. The molecule has 0 aliphatic heterocycles. The van der Waals surface area contributed by atoms with Crippen LogP contribution in [-0.4, -0.2) is 35.1 Å². The number of ether oxygens (including phenoxy) is 1. The molecule has 0 saturated heterocycles. The van der Waals surface area contributed by atoms with Gasteiger partial charge in [0.1, 0.15) is 4.83 Å². The van der Waals surface area contributed by atoms with Crippen molar-refractivity contribution >= 4 is 33.4 Å². The zero-order valence-corrected chi connectivity index (χ0v) is 15.7. The molecule has 0 saturated carbocycles. The molecule has 3 N–H and O–H groups in total. The maximum atomic E-state index is 12.4. The average Bonchev–Trinajstić information content (AvgIpc) is 3.05. The van der Waals surface area contributed by atoms with Crippen molar-refractivity contribution in [2.75, 3.05) is 18.9 Å². The zero-order valence-electron chi connectivity index (χ0n) is 14.9. The van der Waals surface area contributed by atoms with Crippen molar-refractivity contribution in [2.24, 2.45) is 0 Å². The van der Waals surface area contributed by atoms with E-state index in [0.717, 1.165) is 23.1 Å². The number of aromatic nitrogens is 2. The molecule has 1 amide bonds. The second kappa shape index (κ2) is 8.25. The van der Waals surface area contributed by atoms with Crippen LogP contribution >= 0.6 is 11.3 Å². The number of hydrogen-bond donors (Lipinski definition) is 2. The van der Waals surface area contributed by atoms with Gasteiger partial charge in [-0.15, -0.1) is 11.3 Å². The summed E-state index contributed by atoms with van der Waals surface area (Å²) in [5.74, 6) is 0.0890. The van der Waals surface area contributed by atoms with Gasteiger partial charge in [-0.3, -0.25) is 4.79 Å². The molecule has 0 unspecified atom stereocenters. The first-order valence-electron chi connectivity index (χ1n) is 8.57. The van der Waals surface area contributed by atoms with E-state index in [9.17, 15) is 4.79 Å². The van der Waals surface area contributed by atoms with Gasteiger partial charge < -0.3 is 15.8 Å². The predicted molar refractivity (Wildman–Crippen MR) is 105 cm³/mol. The Kier molecular flexibility index (Phi) is 5.80. The zero-order chi connectivity index (χ0) is 18.5. The normalized spacial score (nSPS) is 11.2. The van der Waals surface area contributed by atoms with Gasteiger partial charge in [-0.05, 0) is 26.3 Å². The molecule has 0 aliphatic carbocycles. The Morgan fingerprint density at radius 2 is 2.04 bits per heavy atom. The SMILES string of the molecule is CC(C)OCCCNC(=O)c1cc2c(-c3ccccc3)nc(N)nc2s1. The lowest BCUT2D eigenvalue weighted by molar-refractivity contribution is 0.0757. The Balaban J connectivity index is 1.78. The van der Waals surface area contributed by atoms with E-state index < -0.39 is 0 Å². The van der Waals surface area contributed by atoms with Crippen molar-refractivity contribution in [3.63, 3.8) is 0 Å². The maximum absolute atomic E-state index is 12.4. The fourth-order valence-electron chi connectivity index (χ4n) is 2.55. The molecule has 7 heteroatoms. The summed E-state index contributed by atoms with van der Waals surface area (Å²) in [5.41, 5.74) is 7.55. The Labute approximate surface area is 156 Å². The summed E-state index contributed by atoms with van der Waals surface area (Å²) in [6.45, 7) is 5.18. The van der Waals surface area contributed by atoms with Crippen LogP contribution in [0.25, 0.3) is 21.5 Å². The molecule has 3 rings (SSSR count). The molecule has 0 atom stereocenters. The highest BCUT2D eigenvalue weighted by Gasteiger charge is 2.16. The van der Waals surface area contributed by atoms with E-state index in [2.05, 4.69) is 15.3 Å². The number of carbonyl (C=O) groups excluding carboxylic acids is 1. The second-order valence-corrected chi connectivity index (χ2v) is 7.19. The highest BCUT2D eigenvalue weighted by Crippen LogP contribution is 2.32. The van der Waals surface area contributed by atoms with Crippen molar-refractivity contribution in [3.8, 4) is 11.3 Å². The Hall–Kier alpha value is -2.51. The van der Waals surface area contributed by atoms with E-state index in [1.165, 1.54) is 11.3 Å². The van der Waals surface area contributed by atoms with Crippen LogP contribution < -0.4 is 11.1 Å². The summed E-state index contributed by atoms with van der Waals surface area (Å²) >= 11 is 1.32. The summed E-state index contributed by atoms with van der Waals surface area (Å²) < 4.78 is 5.47. The smallest absolute Gasteiger partial charge is 0.261 e. The monoisotopic (exact) mass is 370 g/mol. The topological polar surface area (TPSA) is 90.1 Å². The van der Waals surface area contributed by atoms with E-state index in [0.29, 0.717) is 22.9 Å². The number of fused-ring (bicyclic) bond motifs is 1. The number of anilines is 1. The fraction of sp³-hybridized carbons (Fsp3) is 0.316. The lowest BCUT2D eigenvalue weighted by Crippen LogP contribution is -2.24. The number of nitrogens with one attached hydrogen (secondary N) is 1. The number of rotatable bonds is 7. The van der Waals surface area contributed by atoms with Crippen molar-refractivity contribution in [2.45, 2.75) is 26.4 Å². The first-order chi connectivity index (χ1) is 12.5. The van der Waals surface area contributed by atoms with Gasteiger partial charge in [-0.1, -0.05) is 30.3 Å². The van der Waals surface area contributed by atoms with Crippen LogP contribution in [0.3, 0.4) is 0 Å². The maximum Gasteiger partial charge on any atom is 0.261 e. The summed E-state index contributed by atoms with van der Waals surface area (Å²) in [6.07, 6.45) is 0.977. The lowest BCUT2D eigenvalue weighted by Gasteiger charge is -2.07. The molecule has 3 aromatic rings. The van der Waals surface area contributed by atoms with Crippen LogP contribution in [0, 0.1) is 0 Å². The average molecular weight is 370 g/mol. The summed E-state index contributed by atoms with van der Waals surface area (Å²) in [7, 11) is 0. The molecule has 1 aromatic carbocycles. The molecule has 2 aromatic heterocycles. The predicted octanol–water partition coefficient (Wildman–Crippen LogP) is 3.49. The van der Waals surface area contributed by atoms with E-state index in [4.69, 9.17) is 10.5 Å². The van der Waals surface area contributed by atoms with Gasteiger partial charge in [0.25, 0.3) is 5.91 Å². The summed E-state index contributed by atoms with van der Waals surface area (Å²) in [5, 5.41) is 3.76. The van der Waals surface area contributed by atoms with Crippen LogP contribution in [0.15, 0.2) is 36.4 Å². The summed E-state index contributed by atoms with van der Waals surface area (Å²) in [4.78, 5) is 22.4. The molecular formula is C19H22N4O2S. The third-order valence-electron chi connectivity index (χ3n) is 3.74. The fourth-order valence-corrected chi connectivity index (χ4v) is 3.50. The number of hydrogen-bond acceptors (Lipinski definition) is 6. The molecule has 6 nitrogen and oxygen atoms in total. The molecule has 0 bridgehead atoms. The van der Waals surface area contributed by atoms with Crippen molar-refractivity contribution in [1.82, 2.24) is 15.3 Å². The quantitative estimate of drug-likeness (QED) is 0.621. The standard InChI is InChI=1S/C19H22N4O2S/c1-12(2)25-10-6-9-21-17(24)15-11-14-16(13-7-4-3-5-8-13)22-19(20)23-18(14)26-15/h3-5,7-8,11-12H,6,9-10H2,1-2H3,(H,21,24)(H2,20,22,23). The first-order valence-corrected chi connectivity index (χ1v) is 9.38. The minimum absolute atomic E-state index is 0.116. The number of carbonyl (C=O) groups is 1. The van der Waals surface area contributed by atoms with E-state index in [1.54, 1.807) is 0 Å². The van der Waals surface area contributed by atoms with Crippen LogP contribution in [0.4, 0.5) is 5.95 Å². The molecule has 26 heavy (non-hydrogen) atoms. The first kappa shape index (κ1) is 18.3. The number of nitrogens with zero attached hydrogens (tertiary/aromatic N) is 2. The van der Waals surface area contributed by atoms with Crippen LogP contribution in [0.2, 0.25) is 0 Å². The minimum atomic E-state index is -0.116. The molecule has 136 valence electrons. The Morgan fingerprint density at radius 3 is 2.77 bits per heavy atom. The lowest BCUT2D eigenvalue weighted by atomic mass is 10.1. The number of benzene rings is 1. The Morgan fingerprint density at radius 1 is 1.27 bits per heavy atom. The van der Waals surface area contributed by atoms with Gasteiger partial charge in [-0.2, -0.15) is 0 Å². The number of nitrogen functional groups attached to an aromatic ring is 1. The molecule has 2 heterocycles. The molecular weight excluding hydrogens is 348 g/mol. The van der Waals surface area contributed by atoms with Crippen LogP contribution in [0.5, 0.6) is 0 Å².